The number of aryl methyl sites for hydroxylation is 2. The van der Waals surface area contributed by atoms with Gasteiger partial charge in [-0.3, -0.25) is 4.90 Å². The van der Waals surface area contributed by atoms with Gasteiger partial charge in [-0.2, -0.15) is 0 Å². The van der Waals surface area contributed by atoms with Crippen molar-refractivity contribution in [2.24, 2.45) is 0 Å². The zero-order valence-corrected chi connectivity index (χ0v) is 13.7. The second kappa shape index (κ2) is 5.81. The fourth-order valence-corrected chi connectivity index (χ4v) is 3.46. The number of hydrogen-bond donors (Lipinski definition) is 1. The molecule has 1 aromatic carbocycles. The molecule has 0 radical (unpaired) electrons. The van der Waals surface area contributed by atoms with Crippen LogP contribution in [0.2, 0.25) is 0 Å². The Kier molecular flexibility index (Phi) is 3.65. The number of rotatable bonds is 3. The summed E-state index contributed by atoms with van der Waals surface area (Å²) in [6.45, 7) is 7.07. The van der Waals surface area contributed by atoms with Crippen molar-refractivity contribution in [1.82, 2.24) is 20.0 Å². The molecule has 3 aromatic rings. The summed E-state index contributed by atoms with van der Waals surface area (Å²) >= 11 is 0. The molecule has 1 aliphatic heterocycles. The number of likely N-dealkylation sites (tertiary alicyclic amines) is 1. The molecule has 0 amide bonds. The Morgan fingerprint density at radius 3 is 2.78 bits per heavy atom. The van der Waals surface area contributed by atoms with Gasteiger partial charge in [0.25, 0.3) is 0 Å². The summed E-state index contributed by atoms with van der Waals surface area (Å²) in [5, 5.41) is 3.96. The Labute approximate surface area is 135 Å². The van der Waals surface area contributed by atoms with E-state index in [1.165, 1.54) is 5.56 Å². The van der Waals surface area contributed by atoms with E-state index in [1.807, 2.05) is 13.0 Å². The number of para-hydroxylation sites is 1. The summed E-state index contributed by atoms with van der Waals surface area (Å²) in [7, 11) is 0. The van der Waals surface area contributed by atoms with Crippen molar-refractivity contribution in [2.75, 3.05) is 13.1 Å². The van der Waals surface area contributed by atoms with Gasteiger partial charge in [0.05, 0.1) is 23.3 Å². The van der Waals surface area contributed by atoms with Crippen LogP contribution in [0.4, 0.5) is 0 Å². The number of fused-ring (bicyclic) bond motifs is 1. The average Bonchev–Trinajstić information content (AvgIpc) is 3.15. The van der Waals surface area contributed by atoms with Crippen LogP contribution in [0, 0.1) is 13.8 Å². The number of nitrogens with zero attached hydrogens (tertiary/aromatic N) is 3. The molecule has 1 aliphatic rings. The molecule has 1 N–H and O–H groups in total. The molecule has 1 fully saturated rings. The minimum atomic E-state index is 0.523. The summed E-state index contributed by atoms with van der Waals surface area (Å²) in [5.74, 6) is 2.62. The number of aromatic nitrogens is 3. The van der Waals surface area contributed by atoms with Crippen LogP contribution in [0.5, 0.6) is 0 Å². The summed E-state index contributed by atoms with van der Waals surface area (Å²) in [5.41, 5.74) is 4.46. The largest absolute Gasteiger partial charge is 0.360 e. The lowest BCUT2D eigenvalue weighted by Gasteiger charge is -2.30. The van der Waals surface area contributed by atoms with Gasteiger partial charge < -0.3 is 9.51 Å². The molecule has 2 aromatic heterocycles. The molecule has 23 heavy (non-hydrogen) atoms. The predicted molar refractivity (Wildman–Crippen MR) is 89.3 cm³/mol. The minimum Gasteiger partial charge on any atom is -0.360 e. The Morgan fingerprint density at radius 1 is 1.26 bits per heavy atom. The molecule has 0 unspecified atom stereocenters. The van der Waals surface area contributed by atoms with Crippen LogP contribution in [0.1, 0.15) is 41.6 Å². The third kappa shape index (κ3) is 2.88. The van der Waals surface area contributed by atoms with E-state index in [9.17, 15) is 0 Å². The van der Waals surface area contributed by atoms with Gasteiger partial charge in [0, 0.05) is 12.0 Å². The smallest absolute Gasteiger partial charge is 0.150 e. The normalized spacial score (nSPS) is 17.1. The first-order valence-electron chi connectivity index (χ1n) is 8.29. The first-order chi connectivity index (χ1) is 11.2. The summed E-state index contributed by atoms with van der Waals surface area (Å²) in [6.07, 6.45) is 2.26. The van der Waals surface area contributed by atoms with Gasteiger partial charge in [-0.25, -0.2) is 4.98 Å². The molecule has 3 heterocycles. The first-order valence-corrected chi connectivity index (χ1v) is 8.29. The summed E-state index contributed by atoms with van der Waals surface area (Å²) in [4.78, 5) is 10.8. The molecule has 4 rings (SSSR count). The van der Waals surface area contributed by atoms with E-state index in [-0.39, 0.29) is 0 Å². The predicted octanol–water partition coefficient (Wildman–Crippen LogP) is 3.55. The third-order valence-electron chi connectivity index (χ3n) is 4.76. The summed E-state index contributed by atoms with van der Waals surface area (Å²) < 4.78 is 5.32. The number of aromatic amines is 1. The topological polar surface area (TPSA) is 58.0 Å². The number of hydrogen-bond acceptors (Lipinski definition) is 4. The third-order valence-corrected chi connectivity index (χ3v) is 4.76. The van der Waals surface area contributed by atoms with Gasteiger partial charge in [0.1, 0.15) is 5.82 Å². The van der Waals surface area contributed by atoms with Gasteiger partial charge >= 0.3 is 0 Å². The minimum absolute atomic E-state index is 0.523. The Balaban J connectivity index is 1.43. The van der Waals surface area contributed by atoms with Gasteiger partial charge in [0.15, 0.2) is 5.76 Å². The van der Waals surface area contributed by atoms with E-state index >= 15 is 0 Å². The zero-order chi connectivity index (χ0) is 15.8. The lowest BCUT2D eigenvalue weighted by atomic mass is 9.96. The van der Waals surface area contributed by atoms with Crippen LogP contribution in [0.15, 0.2) is 28.8 Å². The SMILES string of the molecule is Cc1cc(CN2CCC(c3nc4c(C)cccc4[nH]3)CC2)on1. The molecule has 0 bridgehead atoms. The highest BCUT2D eigenvalue weighted by atomic mass is 16.5. The highest BCUT2D eigenvalue weighted by Crippen LogP contribution is 2.29. The van der Waals surface area contributed by atoms with Crippen LogP contribution in [-0.4, -0.2) is 33.1 Å². The maximum absolute atomic E-state index is 5.32. The van der Waals surface area contributed by atoms with Crippen molar-refractivity contribution in [3.8, 4) is 0 Å². The van der Waals surface area contributed by atoms with Crippen molar-refractivity contribution in [3.05, 3.63) is 47.1 Å². The fraction of sp³-hybridized carbons (Fsp3) is 0.444. The van der Waals surface area contributed by atoms with E-state index in [2.05, 4.69) is 40.2 Å². The van der Waals surface area contributed by atoms with E-state index < -0.39 is 0 Å². The van der Waals surface area contributed by atoms with Gasteiger partial charge in [-0.15, -0.1) is 0 Å². The molecule has 0 atom stereocenters. The maximum Gasteiger partial charge on any atom is 0.150 e. The average molecular weight is 310 g/mol. The van der Waals surface area contributed by atoms with Crippen LogP contribution >= 0.6 is 0 Å². The highest BCUT2D eigenvalue weighted by Gasteiger charge is 2.24. The van der Waals surface area contributed by atoms with Crippen molar-refractivity contribution < 1.29 is 4.52 Å². The quantitative estimate of drug-likeness (QED) is 0.804. The Hall–Kier alpha value is -2.14. The molecule has 5 nitrogen and oxygen atoms in total. The van der Waals surface area contributed by atoms with Gasteiger partial charge in [-0.1, -0.05) is 17.3 Å². The van der Waals surface area contributed by atoms with Crippen LogP contribution in [0.3, 0.4) is 0 Å². The number of H-pyrrole nitrogens is 1. The maximum atomic E-state index is 5.32. The Morgan fingerprint density at radius 2 is 2.09 bits per heavy atom. The van der Waals surface area contributed by atoms with Crippen molar-refractivity contribution in [3.63, 3.8) is 0 Å². The molecular weight excluding hydrogens is 288 g/mol. The molecule has 0 saturated carbocycles. The number of piperidine rings is 1. The van der Waals surface area contributed by atoms with Crippen molar-refractivity contribution >= 4 is 11.0 Å². The lowest BCUT2D eigenvalue weighted by Crippen LogP contribution is -2.32. The van der Waals surface area contributed by atoms with Crippen molar-refractivity contribution in [2.45, 2.75) is 39.2 Å². The molecule has 0 aliphatic carbocycles. The second-order valence-corrected chi connectivity index (χ2v) is 6.58. The summed E-state index contributed by atoms with van der Waals surface area (Å²) in [6, 6.07) is 8.34. The van der Waals surface area contributed by atoms with Crippen LogP contribution in [-0.2, 0) is 6.54 Å². The first kappa shape index (κ1) is 14.5. The van der Waals surface area contributed by atoms with E-state index in [0.717, 1.165) is 60.8 Å². The molecule has 1 saturated heterocycles. The molecule has 0 spiro atoms. The van der Waals surface area contributed by atoms with E-state index in [1.54, 1.807) is 0 Å². The van der Waals surface area contributed by atoms with Gasteiger partial charge in [-0.05, 0) is 51.4 Å². The zero-order valence-electron chi connectivity index (χ0n) is 13.7. The van der Waals surface area contributed by atoms with E-state index in [0.29, 0.717) is 5.92 Å². The van der Waals surface area contributed by atoms with Crippen LogP contribution in [0.25, 0.3) is 11.0 Å². The van der Waals surface area contributed by atoms with E-state index in [4.69, 9.17) is 9.51 Å². The lowest BCUT2D eigenvalue weighted by molar-refractivity contribution is 0.182. The molecule has 120 valence electrons. The molecular formula is C18H22N4O. The van der Waals surface area contributed by atoms with Gasteiger partial charge in [0.2, 0.25) is 0 Å². The highest BCUT2D eigenvalue weighted by molar-refractivity contribution is 5.78. The number of benzene rings is 1. The fourth-order valence-electron chi connectivity index (χ4n) is 3.46. The second-order valence-electron chi connectivity index (χ2n) is 6.58. The number of imidazole rings is 1. The Bertz CT molecular complexity index is 811. The monoisotopic (exact) mass is 310 g/mol. The standard InChI is InChI=1S/C18H22N4O/c1-12-4-3-5-16-17(12)20-18(19-16)14-6-8-22(9-7-14)11-15-10-13(2)21-23-15/h3-5,10,14H,6-9,11H2,1-2H3,(H,19,20). The van der Waals surface area contributed by atoms with Crippen LogP contribution < -0.4 is 0 Å². The number of nitrogens with one attached hydrogen (secondary N) is 1. The van der Waals surface area contributed by atoms with Crippen molar-refractivity contribution in [1.29, 1.82) is 0 Å². The molecule has 5 heteroatoms.